The summed E-state index contributed by atoms with van der Waals surface area (Å²) in [7, 11) is 0.584. The van der Waals surface area contributed by atoms with E-state index in [0.717, 1.165) is 16.2 Å². The van der Waals surface area contributed by atoms with Crippen LogP contribution in [0, 0.1) is 0 Å². The van der Waals surface area contributed by atoms with Gasteiger partial charge in [0.2, 0.25) is 0 Å². The van der Waals surface area contributed by atoms with E-state index in [1.54, 1.807) is 7.11 Å². The third kappa shape index (κ3) is 3.17. The van der Waals surface area contributed by atoms with E-state index in [2.05, 4.69) is 0 Å². The van der Waals surface area contributed by atoms with E-state index in [9.17, 15) is 4.21 Å². The molecule has 0 aliphatic heterocycles. The van der Waals surface area contributed by atoms with Crippen LogP contribution in [0.3, 0.4) is 0 Å². The Labute approximate surface area is 104 Å². The summed E-state index contributed by atoms with van der Waals surface area (Å²) in [5.74, 6) is 1.28. The molecule has 1 unspecified atom stereocenters. The molecule has 0 bridgehead atoms. The Morgan fingerprint density at radius 2 is 1.82 bits per heavy atom. The average Bonchev–Trinajstić information content (AvgIpc) is 2.40. The highest BCUT2D eigenvalue weighted by atomic mass is 32.2. The number of hydrogen-bond acceptors (Lipinski definition) is 2. The van der Waals surface area contributed by atoms with Crippen LogP contribution in [0.4, 0.5) is 0 Å². The maximum atomic E-state index is 12.1. The molecule has 0 saturated heterocycles. The van der Waals surface area contributed by atoms with Gasteiger partial charge in [0.05, 0.1) is 23.7 Å². The molecule has 0 aromatic heterocycles. The molecule has 0 heterocycles. The third-order valence-corrected chi connectivity index (χ3v) is 3.82. The van der Waals surface area contributed by atoms with Crippen LogP contribution in [-0.4, -0.2) is 11.3 Å². The number of methoxy groups -OCH3 is 1. The summed E-state index contributed by atoms with van der Waals surface area (Å²) in [5, 5.41) is 0. The molecule has 0 aliphatic rings. The summed E-state index contributed by atoms with van der Waals surface area (Å²) in [6.07, 6.45) is 0. The first-order valence-corrected chi connectivity index (χ1v) is 6.68. The van der Waals surface area contributed by atoms with Gasteiger partial charge in [-0.1, -0.05) is 36.4 Å². The van der Waals surface area contributed by atoms with Gasteiger partial charge in [0.15, 0.2) is 0 Å². The maximum absolute atomic E-state index is 12.1. The molecule has 17 heavy (non-hydrogen) atoms. The van der Waals surface area contributed by atoms with Crippen LogP contribution in [0.2, 0.25) is 0 Å². The number of hydrogen-bond donors (Lipinski definition) is 0. The lowest BCUT2D eigenvalue weighted by Gasteiger charge is -2.04. The third-order valence-electron chi connectivity index (χ3n) is 2.44. The van der Waals surface area contributed by atoms with Gasteiger partial charge in [0.25, 0.3) is 0 Å². The lowest BCUT2D eigenvalue weighted by Crippen LogP contribution is -1.96. The highest BCUT2D eigenvalue weighted by Gasteiger charge is 2.05. The zero-order valence-electron chi connectivity index (χ0n) is 9.63. The Bertz CT molecular complexity index is 509. The van der Waals surface area contributed by atoms with Crippen molar-refractivity contribution in [3.8, 4) is 5.75 Å². The second kappa shape index (κ2) is 5.64. The number of benzene rings is 2. The van der Waals surface area contributed by atoms with Crippen LogP contribution in [0.5, 0.6) is 5.75 Å². The summed E-state index contributed by atoms with van der Waals surface area (Å²) in [4.78, 5) is 0.799. The average molecular weight is 246 g/mol. The van der Waals surface area contributed by atoms with Crippen molar-refractivity contribution in [2.45, 2.75) is 10.6 Å². The summed E-state index contributed by atoms with van der Waals surface area (Å²) in [6.45, 7) is 0. The van der Waals surface area contributed by atoms with Gasteiger partial charge >= 0.3 is 0 Å². The number of rotatable bonds is 4. The molecule has 88 valence electrons. The Kier molecular flexibility index (Phi) is 3.94. The quantitative estimate of drug-likeness (QED) is 0.829. The first-order chi connectivity index (χ1) is 8.29. The van der Waals surface area contributed by atoms with Crippen molar-refractivity contribution in [2.24, 2.45) is 0 Å². The van der Waals surface area contributed by atoms with E-state index in [-0.39, 0.29) is 0 Å². The molecule has 2 aromatic rings. The minimum atomic E-state index is -1.03. The van der Waals surface area contributed by atoms with Gasteiger partial charge in [-0.15, -0.1) is 0 Å². The van der Waals surface area contributed by atoms with E-state index < -0.39 is 10.8 Å². The lowest BCUT2D eigenvalue weighted by molar-refractivity contribution is 0.413. The molecule has 2 rings (SSSR count). The van der Waals surface area contributed by atoms with Crippen molar-refractivity contribution in [2.75, 3.05) is 7.11 Å². The Morgan fingerprint density at radius 3 is 2.53 bits per heavy atom. The molecule has 0 amide bonds. The van der Waals surface area contributed by atoms with E-state index in [0.29, 0.717) is 5.75 Å². The van der Waals surface area contributed by atoms with E-state index in [4.69, 9.17) is 4.74 Å². The molecule has 0 spiro atoms. The van der Waals surface area contributed by atoms with Gasteiger partial charge in [-0.25, -0.2) is 0 Å². The van der Waals surface area contributed by atoms with Crippen molar-refractivity contribution >= 4 is 10.8 Å². The first kappa shape index (κ1) is 11.9. The highest BCUT2D eigenvalue weighted by Crippen LogP contribution is 2.18. The SMILES string of the molecule is COc1cccc(S(=O)Cc2ccccc2)c1. The summed E-state index contributed by atoms with van der Waals surface area (Å²) in [5.41, 5.74) is 1.08. The van der Waals surface area contributed by atoms with Crippen molar-refractivity contribution < 1.29 is 8.95 Å². The monoisotopic (exact) mass is 246 g/mol. The van der Waals surface area contributed by atoms with Crippen molar-refractivity contribution in [1.29, 1.82) is 0 Å². The summed E-state index contributed by atoms with van der Waals surface area (Å²) >= 11 is 0. The maximum Gasteiger partial charge on any atom is 0.120 e. The smallest absolute Gasteiger partial charge is 0.120 e. The van der Waals surface area contributed by atoms with Crippen molar-refractivity contribution in [3.05, 3.63) is 60.2 Å². The number of ether oxygens (including phenoxy) is 1. The molecule has 0 radical (unpaired) electrons. The molecule has 1 atom stereocenters. The minimum Gasteiger partial charge on any atom is -0.497 e. The molecular formula is C14H14O2S. The predicted octanol–water partition coefficient (Wildman–Crippen LogP) is 3.00. The van der Waals surface area contributed by atoms with Crippen molar-refractivity contribution in [3.63, 3.8) is 0 Å². The predicted molar refractivity (Wildman–Crippen MR) is 69.5 cm³/mol. The normalized spacial score (nSPS) is 12.1. The molecule has 2 aromatic carbocycles. The largest absolute Gasteiger partial charge is 0.497 e. The second-order valence-electron chi connectivity index (χ2n) is 3.65. The fraction of sp³-hybridized carbons (Fsp3) is 0.143. The van der Waals surface area contributed by atoms with E-state index >= 15 is 0 Å². The molecule has 0 saturated carbocycles. The zero-order valence-corrected chi connectivity index (χ0v) is 10.4. The zero-order chi connectivity index (χ0) is 12.1. The fourth-order valence-corrected chi connectivity index (χ4v) is 2.69. The fourth-order valence-electron chi connectivity index (χ4n) is 1.55. The van der Waals surface area contributed by atoms with Crippen LogP contribution in [0.15, 0.2) is 59.5 Å². The van der Waals surface area contributed by atoms with Gasteiger partial charge in [-0.05, 0) is 23.8 Å². The van der Waals surface area contributed by atoms with Crippen LogP contribution < -0.4 is 4.74 Å². The minimum absolute atomic E-state index is 0.536. The second-order valence-corrected chi connectivity index (χ2v) is 5.11. The Balaban J connectivity index is 2.14. The van der Waals surface area contributed by atoms with E-state index in [1.807, 2.05) is 54.6 Å². The van der Waals surface area contributed by atoms with Crippen LogP contribution in [-0.2, 0) is 16.6 Å². The van der Waals surface area contributed by atoms with Gasteiger partial charge < -0.3 is 4.74 Å². The molecule has 0 N–H and O–H groups in total. The molecule has 2 nitrogen and oxygen atoms in total. The van der Waals surface area contributed by atoms with Gasteiger partial charge in [-0.2, -0.15) is 0 Å². The standard InChI is InChI=1S/C14H14O2S/c1-16-13-8-5-9-14(10-13)17(15)11-12-6-3-2-4-7-12/h2-10H,11H2,1H3. The van der Waals surface area contributed by atoms with Crippen LogP contribution in [0.1, 0.15) is 5.56 Å². The van der Waals surface area contributed by atoms with E-state index in [1.165, 1.54) is 0 Å². The van der Waals surface area contributed by atoms with Gasteiger partial charge in [0, 0.05) is 4.90 Å². The molecule has 3 heteroatoms. The van der Waals surface area contributed by atoms with Crippen LogP contribution in [0.25, 0.3) is 0 Å². The first-order valence-electron chi connectivity index (χ1n) is 5.36. The molecule has 0 aliphatic carbocycles. The molecular weight excluding hydrogens is 232 g/mol. The van der Waals surface area contributed by atoms with Crippen molar-refractivity contribution in [1.82, 2.24) is 0 Å². The van der Waals surface area contributed by atoms with Gasteiger partial charge in [0.1, 0.15) is 5.75 Å². The highest BCUT2D eigenvalue weighted by molar-refractivity contribution is 7.84. The summed E-state index contributed by atoms with van der Waals surface area (Å²) in [6, 6.07) is 17.2. The van der Waals surface area contributed by atoms with Crippen LogP contribution >= 0.6 is 0 Å². The van der Waals surface area contributed by atoms with Gasteiger partial charge in [-0.3, -0.25) is 4.21 Å². The summed E-state index contributed by atoms with van der Waals surface area (Å²) < 4.78 is 17.3. The molecule has 0 fully saturated rings. The Hall–Kier alpha value is -1.61. The lowest BCUT2D eigenvalue weighted by atomic mass is 10.2. The topological polar surface area (TPSA) is 26.3 Å². The Morgan fingerprint density at radius 1 is 1.06 bits per heavy atom.